The Balaban J connectivity index is 1.47. The molecule has 0 saturated heterocycles. The minimum atomic E-state index is -3.78. The van der Waals surface area contributed by atoms with Gasteiger partial charge in [-0.2, -0.15) is 0 Å². The number of benzene rings is 3. The van der Waals surface area contributed by atoms with Gasteiger partial charge in [0.05, 0.1) is 31.2 Å². The summed E-state index contributed by atoms with van der Waals surface area (Å²) in [5, 5.41) is 0. The Morgan fingerprint density at radius 3 is 1.85 bits per heavy atom. The fourth-order valence-corrected chi connectivity index (χ4v) is 8.10. The maximum absolute atomic E-state index is 14.3. The summed E-state index contributed by atoms with van der Waals surface area (Å²) in [6, 6.07) is 29.9. The van der Waals surface area contributed by atoms with Gasteiger partial charge in [-0.05, 0) is 50.5 Å². The summed E-state index contributed by atoms with van der Waals surface area (Å²) in [6.07, 6.45) is 5.33. The van der Waals surface area contributed by atoms with Gasteiger partial charge in [0.25, 0.3) is 0 Å². The van der Waals surface area contributed by atoms with Gasteiger partial charge in [0.2, 0.25) is 0 Å². The Morgan fingerprint density at radius 2 is 1.34 bits per heavy atom. The predicted molar refractivity (Wildman–Crippen MR) is 182 cm³/mol. The first-order valence-corrected chi connectivity index (χ1v) is 17.4. The number of nitrogens with zero attached hydrogens (tertiary/aromatic N) is 4. The van der Waals surface area contributed by atoms with Crippen LogP contribution >= 0.6 is 7.60 Å². The Labute approximate surface area is 275 Å². The largest absolute Gasteiger partial charge is 0.382 e. The molecule has 0 bridgehead atoms. The van der Waals surface area contributed by atoms with E-state index in [1.807, 2.05) is 92.9 Å². The quantitative estimate of drug-likeness (QED) is 0.0840. The molecule has 0 radical (unpaired) electrons. The zero-order valence-electron chi connectivity index (χ0n) is 26.9. The van der Waals surface area contributed by atoms with Crippen molar-refractivity contribution in [1.82, 2.24) is 19.5 Å². The molecular formula is C36H40N5O5P. The molecule has 0 spiro atoms. The van der Waals surface area contributed by atoms with E-state index in [0.29, 0.717) is 11.2 Å². The molecule has 0 fully saturated rings. The molecule has 2 aromatic heterocycles. The Bertz CT molecular complexity index is 1740. The minimum Gasteiger partial charge on any atom is -0.382 e. The number of rotatable bonds is 12. The molecule has 3 aromatic carbocycles. The van der Waals surface area contributed by atoms with Crippen LogP contribution in [0.3, 0.4) is 0 Å². The van der Waals surface area contributed by atoms with E-state index >= 15 is 0 Å². The van der Waals surface area contributed by atoms with Gasteiger partial charge in [-0.3, -0.25) is 4.57 Å². The van der Waals surface area contributed by atoms with Gasteiger partial charge in [0.1, 0.15) is 23.5 Å². The molecular weight excluding hydrogens is 613 g/mol. The second-order valence-electron chi connectivity index (χ2n) is 12.0. The van der Waals surface area contributed by atoms with E-state index in [4.69, 9.17) is 24.3 Å². The van der Waals surface area contributed by atoms with Crippen molar-refractivity contribution < 1.29 is 23.1 Å². The van der Waals surface area contributed by atoms with Crippen LogP contribution in [0.1, 0.15) is 50.4 Å². The Kier molecular flexibility index (Phi) is 9.68. The average Bonchev–Trinajstić information content (AvgIpc) is 3.51. The summed E-state index contributed by atoms with van der Waals surface area (Å²) in [5.41, 5.74) is 8.99. The zero-order valence-corrected chi connectivity index (χ0v) is 27.8. The van der Waals surface area contributed by atoms with Crippen LogP contribution in [-0.4, -0.2) is 50.3 Å². The van der Waals surface area contributed by atoms with E-state index in [1.54, 1.807) is 12.4 Å². The van der Waals surface area contributed by atoms with Crippen molar-refractivity contribution in [3.8, 4) is 0 Å². The van der Waals surface area contributed by atoms with Gasteiger partial charge in [-0.15, -0.1) is 0 Å². The van der Waals surface area contributed by atoms with Crippen LogP contribution in [0, 0.1) is 0 Å². The lowest BCUT2D eigenvalue weighted by atomic mass is 9.80. The van der Waals surface area contributed by atoms with Gasteiger partial charge < -0.3 is 28.8 Å². The molecule has 1 aliphatic heterocycles. The molecule has 5 aromatic rings. The third-order valence-corrected chi connectivity index (χ3v) is 10.3. The highest BCUT2D eigenvalue weighted by molar-refractivity contribution is 7.54. The van der Waals surface area contributed by atoms with Crippen LogP contribution in [0.2, 0.25) is 0 Å². The summed E-state index contributed by atoms with van der Waals surface area (Å²) in [6.45, 7) is 7.36. The number of hydrogen-bond acceptors (Lipinski definition) is 9. The van der Waals surface area contributed by atoms with Crippen molar-refractivity contribution in [3.63, 3.8) is 0 Å². The van der Waals surface area contributed by atoms with Crippen molar-refractivity contribution in [3.05, 3.63) is 132 Å². The summed E-state index contributed by atoms with van der Waals surface area (Å²) < 4.78 is 42.0. The lowest BCUT2D eigenvalue weighted by Crippen LogP contribution is -2.41. The summed E-state index contributed by atoms with van der Waals surface area (Å²) in [5.74, 6) is -0.706. The number of imidazole rings is 1. The van der Waals surface area contributed by atoms with Gasteiger partial charge in [-0.1, -0.05) is 97.1 Å². The molecule has 0 saturated carbocycles. The molecule has 1 aliphatic rings. The molecule has 0 unspecified atom stereocenters. The highest BCUT2D eigenvalue weighted by Crippen LogP contribution is 2.58. The predicted octanol–water partition coefficient (Wildman–Crippen LogP) is 7.28. The van der Waals surface area contributed by atoms with Crippen molar-refractivity contribution in [2.24, 2.45) is 0 Å². The number of nitrogen functional groups attached to an aromatic ring is 1. The summed E-state index contributed by atoms with van der Waals surface area (Å²) >= 11 is 0. The van der Waals surface area contributed by atoms with Crippen molar-refractivity contribution in [2.45, 2.75) is 63.5 Å². The smallest absolute Gasteiger partial charge is 0.363 e. The van der Waals surface area contributed by atoms with Crippen molar-refractivity contribution in [2.75, 3.05) is 12.3 Å². The number of hydrogen-bond donors (Lipinski definition) is 1. The molecule has 11 heteroatoms. The van der Waals surface area contributed by atoms with Crippen LogP contribution in [0.5, 0.6) is 0 Å². The molecule has 3 heterocycles. The first-order chi connectivity index (χ1) is 22.7. The van der Waals surface area contributed by atoms with Crippen molar-refractivity contribution >= 4 is 24.6 Å². The normalized spacial score (nSPS) is 18.7. The second kappa shape index (κ2) is 13.9. The SMILES string of the molecule is CC(C)OP(=O)(OC(C)C)[C@H]1C=C[C@@H](n2cnc3c(N)ncnc32)[C@@H](COC(c2ccccc2)(c2ccccc2)c2ccccc2)O1. The fourth-order valence-electron chi connectivity index (χ4n) is 6.02. The molecule has 0 amide bonds. The number of fused-ring (bicyclic) bond motifs is 1. The lowest BCUT2D eigenvalue weighted by molar-refractivity contribution is -0.0873. The van der Waals surface area contributed by atoms with Crippen molar-refractivity contribution in [1.29, 1.82) is 0 Å². The van der Waals surface area contributed by atoms with Gasteiger partial charge in [0, 0.05) is 0 Å². The third kappa shape index (κ3) is 6.66. The van der Waals surface area contributed by atoms with Crippen LogP contribution in [0.15, 0.2) is 116 Å². The Hall–Kier alpha value is -4.18. The van der Waals surface area contributed by atoms with Gasteiger partial charge in [-0.25, -0.2) is 15.0 Å². The van der Waals surface area contributed by atoms with E-state index in [-0.39, 0.29) is 24.6 Å². The average molecular weight is 654 g/mol. The molecule has 47 heavy (non-hydrogen) atoms. The molecule has 2 N–H and O–H groups in total. The van der Waals surface area contributed by atoms with E-state index in [0.717, 1.165) is 16.7 Å². The van der Waals surface area contributed by atoms with Crippen LogP contribution in [-0.2, 0) is 28.7 Å². The number of anilines is 1. The van der Waals surface area contributed by atoms with Crippen LogP contribution in [0.4, 0.5) is 5.82 Å². The standard InChI is InChI=1S/C36H40N5O5P/c1-25(2)45-47(42,46-26(3)4)32-21-20-30(41-24-40-33-34(37)38-23-39-35(33)41)31(44-32)22-43-36(27-14-8-5-9-15-27,28-16-10-6-11-17-28)29-18-12-7-13-19-29/h5-21,23-26,30-32H,22H2,1-4H3,(H2,37,38,39)/t30-,31-,32+/m1/s1. The monoisotopic (exact) mass is 653 g/mol. The van der Waals surface area contributed by atoms with Crippen LogP contribution < -0.4 is 5.73 Å². The van der Waals surface area contributed by atoms with E-state index in [2.05, 4.69) is 51.4 Å². The number of aromatic nitrogens is 4. The molecule has 6 rings (SSSR count). The van der Waals surface area contributed by atoms with E-state index < -0.39 is 31.2 Å². The lowest BCUT2D eigenvalue weighted by Gasteiger charge is -2.40. The van der Waals surface area contributed by atoms with E-state index in [1.165, 1.54) is 6.33 Å². The number of ether oxygens (including phenoxy) is 2. The summed E-state index contributed by atoms with van der Waals surface area (Å²) in [4.78, 5) is 13.1. The highest BCUT2D eigenvalue weighted by atomic mass is 31.2. The highest BCUT2D eigenvalue weighted by Gasteiger charge is 2.45. The Morgan fingerprint density at radius 1 is 0.809 bits per heavy atom. The molecule has 244 valence electrons. The molecule has 0 aliphatic carbocycles. The maximum atomic E-state index is 14.3. The molecule has 10 nitrogen and oxygen atoms in total. The second-order valence-corrected chi connectivity index (χ2v) is 14.0. The summed E-state index contributed by atoms with van der Waals surface area (Å²) in [7, 11) is -3.78. The van der Waals surface area contributed by atoms with Gasteiger partial charge >= 0.3 is 7.60 Å². The number of nitrogens with two attached hydrogens (primary N) is 1. The topological polar surface area (TPSA) is 124 Å². The molecule has 3 atom stereocenters. The van der Waals surface area contributed by atoms with E-state index in [9.17, 15) is 4.57 Å². The third-order valence-electron chi connectivity index (χ3n) is 7.91. The van der Waals surface area contributed by atoms with Crippen LogP contribution in [0.25, 0.3) is 11.2 Å². The maximum Gasteiger partial charge on any atom is 0.363 e. The zero-order chi connectivity index (χ0) is 33.0. The first-order valence-electron chi connectivity index (χ1n) is 15.7. The first kappa shape index (κ1) is 32.7. The minimum absolute atomic E-state index is 0.0772. The van der Waals surface area contributed by atoms with Gasteiger partial charge in [0.15, 0.2) is 17.3 Å². The fraction of sp³-hybridized carbons (Fsp3) is 0.306.